The molecule has 24 heavy (non-hydrogen) atoms. The van der Waals surface area contributed by atoms with Crippen LogP contribution in [-0.2, 0) is 0 Å². The summed E-state index contributed by atoms with van der Waals surface area (Å²) in [5.74, 6) is 2.30. The third-order valence-electron chi connectivity index (χ3n) is 3.60. The minimum Gasteiger partial charge on any atom is -0.369 e. The van der Waals surface area contributed by atoms with Crippen molar-refractivity contribution in [2.24, 2.45) is 0 Å². The third kappa shape index (κ3) is 3.97. The molecule has 2 heterocycles. The van der Waals surface area contributed by atoms with E-state index in [0.717, 1.165) is 47.1 Å². The Morgan fingerprint density at radius 3 is 2.67 bits per heavy atom. The fraction of sp³-hybridized carbons (Fsp3) is 0.278. The van der Waals surface area contributed by atoms with Crippen molar-refractivity contribution in [2.45, 2.75) is 6.92 Å². The zero-order valence-electron chi connectivity index (χ0n) is 14.2. The monoisotopic (exact) mass is 322 g/mol. The van der Waals surface area contributed by atoms with Gasteiger partial charge in [-0.25, -0.2) is 9.97 Å². The Labute approximate surface area is 142 Å². The highest BCUT2D eigenvalue weighted by Gasteiger charge is 2.06. The summed E-state index contributed by atoms with van der Waals surface area (Å²) in [7, 11) is 4.10. The van der Waals surface area contributed by atoms with Crippen molar-refractivity contribution in [3.05, 3.63) is 48.4 Å². The average Bonchev–Trinajstić information content (AvgIpc) is 2.54. The molecule has 0 unspecified atom stereocenters. The first-order valence-corrected chi connectivity index (χ1v) is 7.97. The fourth-order valence-electron chi connectivity index (χ4n) is 2.47. The van der Waals surface area contributed by atoms with Crippen LogP contribution in [-0.4, -0.2) is 47.0 Å². The summed E-state index contributed by atoms with van der Waals surface area (Å²) in [6.45, 7) is 3.67. The van der Waals surface area contributed by atoms with Gasteiger partial charge in [0.25, 0.3) is 0 Å². The lowest BCUT2D eigenvalue weighted by atomic mass is 10.2. The van der Waals surface area contributed by atoms with Crippen LogP contribution < -0.4 is 10.6 Å². The van der Waals surface area contributed by atoms with Crippen LogP contribution in [0.2, 0.25) is 0 Å². The van der Waals surface area contributed by atoms with Gasteiger partial charge in [-0.2, -0.15) is 0 Å². The van der Waals surface area contributed by atoms with Gasteiger partial charge in [-0.3, -0.25) is 4.98 Å². The SMILES string of the molecule is Cc1nc(NCCN(C)C)cc(Nc2cccc3cccnc23)n1. The van der Waals surface area contributed by atoms with Gasteiger partial charge in [-0.15, -0.1) is 0 Å². The molecule has 3 aromatic rings. The number of fused-ring (bicyclic) bond motifs is 1. The van der Waals surface area contributed by atoms with Crippen molar-refractivity contribution >= 4 is 28.2 Å². The second-order valence-electron chi connectivity index (χ2n) is 5.92. The van der Waals surface area contributed by atoms with Crippen molar-refractivity contribution in [3.63, 3.8) is 0 Å². The molecule has 6 nitrogen and oxygen atoms in total. The molecule has 0 saturated heterocycles. The number of aryl methyl sites for hydroxylation is 1. The summed E-state index contributed by atoms with van der Waals surface area (Å²) in [5.41, 5.74) is 1.86. The Kier molecular flexibility index (Phi) is 4.86. The third-order valence-corrected chi connectivity index (χ3v) is 3.60. The molecule has 0 aliphatic heterocycles. The zero-order chi connectivity index (χ0) is 16.9. The lowest BCUT2D eigenvalue weighted by Crippen LogP contribution is -2.21. The molecule has 2 aromatic heterocycles. The first-order chi connectivity index (χ1) is 11.6. The van der Waals surface area contributed by atoms with E-state index < -0.39 is 0 Å². The minimum absolute atomic E-state index is 0.723. The van der Waals surface area contributed by atoms with E-state index in [1.54, 1.807) is 6.20 Å². The maximum Gasteiger partial charge on any atom is 0.136 e. The van der Waals surface area contributed by atoms with E-state index in [-0.39, 0.29) is 0 Å². The second-order valence-corrected chi connectivity index (χ2v) is 5.92. The van der Waals surface area contributed by atoms with E-state index in [0.29, 0.717) is 0 Å². The number of anilines is 3. The Morgan fingerprint density at radius 1 is 1.04 bits per heavy atom. The van der Waals surface area contributed by atoms with E-state index >= 15 is 0 Å². The molecule has 0 saturated carbocycles. The van der Waals surface area contributed by atoms with Gasteiger partial charge in [0.2, 0.25) is 0 Å². The van der Waals surface area contributed by atoms with Crippen LogP contribution in [0, 0.1) is 6.92 Å². The van der Waals surface area contributed by atoms with Gasteiger partial charge in [0.05, 0.1) is 11.2 Å². The first-order valence-electron chi connectivity index (χ1n) is 7.97. The topological polar surface area (TPSA) is 66.0 Å². The molecule has 0 atom stereocenters. The van der Waals surface area contributed by atoms with Crippen molar-refractivity contribution < 1.29 is 0 Å². The summed E-state index contributed by atoms with van der Waals surface area (Å²) in [6, 6.07) is 12.0. The quantitative estimate of drug-likeness (QED) is 0.727. The van der Waals surface area contributed by atoms with Crippen LogP contribution >= 0.6 is 0 Å². The van der Waals surface area contributed by atoms with Crippen LogP contribution in [0.15, 0.2) is 42.6 Å². The van der Waals surface area contributed by atoms with Crippen molar-refractivity contribution in [1.29, 1.82) is 0 Å². The predicted octanol–water partition coefficient (Wildman–Crippen LogP) is 3.05. The van der Waals surface area contributed by atoms with E-state index in [1.807, 2.05) is 57.4 Å². The number of para-hydroxylation sites is 1. The molecular formula is C18H22N6. The van der Waals surface area contributed by atoms with Crippen LogP contribution in [0.5, 0.6) is 0 Å². The molecule has 2 N–H and O–H groups in total. The normalized spacial score (nSPS) is 11.0. The molecule has 0 radical (unpaired) electrons. The zero-order valence-corrected chi connectivity index (χ0v) is 14.2. The van der Waals surface area contributed by atoms with Gasteiger partial charge < -0.3 is 15.5 Å². The first kappa shape index (κ1) is 16.1. The van der Waals surface area contributed by atoms with Crippen molar-refractivity contribution in [1.82, 2.24) is 19.9 Å². The predicted molar refractivity (Wildman–Crippen MR) is 98.8 cm³/mol. The lowest BCUT2D eigenvalue weighted by molar-refractivity contribution is 0.425. The number of pyridine rings is 1. The fourth-order valence-corrected chi connectivity index (χ4v) is 2.47. The van der Waals surface area contributed by atoms with Gasteiger partial charge in [-0.1, -0.05) is 18.2 Å². The molecule has 0 bridgehead atoms. The summed E-state index contributed by atoms with van der Waals surface area (Å²) in [4.78, 5) is 15.5. The highest BCUT2D eigenvalue weighted by Crippen LogP contribution is 2.24. The van der Waals surface area contributed by atoms with Crippen LogP contribution in [0.25, 0.3) is 10.9 Å². The molecule has 6 heteroatoms. The highest BCUT2D eigenvalue weighted by atomic mass is 15.1. The molecule has 0 aliphatic carbocycles. The molecule has 0 amide bonds. The molecule has 3 rings (SSSR count). The average molecular weight is 322 g/mol. The number of nitrogens with zero attached hydrogens (tertiary/aromatic N) is 4. The molecule has 1 aromatic carbocycles. The van der Waals surface area contributed by atoms with Crippen molar-refractivity contribution in [3.8, 4) is 0 Å². The molecule has 0 aliphatic rings. The van der Waals surface area contributed by atoms with Gasteiger partial charge in [0.1, 0.15) is 17.5 Å². The Balaban J connectivity index is 1.82. The standard InChI is InChI=1S/C18H22N6/c1-13-21-16(19-10-11-24(2)3)12-17(22-13)23-15-8-4-6-14-7-5-9-20-18(14)15/h4-9,12H,10-11H2,1-3H3,(H2,19,21,22,23). The summed E-state index contributed by atoms with van der Waals surface area (Å²) in [6.07, 6.45) is 1.80. The molecule has 0 fully saturated rings. The lowest BCUT2D eigenvalue weighted by Gasteiger charge is -2.13. The Hall–Kier alpha value is -2.73. The number of likely N-dealkylation sites (N-methyl/N-ethyl adjacent to an activating group) is 1. The Bertz CT molecular complexity index is 825. The summed E-state index contributed by atoms with van der Waals surface area (Å²) in [5, 5.41) is 7.79. The number of rotatable bonds is 6. The van der Waals surface area contributed by atoms with Crippen LogP contribution in [0.3, 0.4) is 0 Å². The van der Waals surface area contributed by atoms with Gasteiger partial charge in [0.15, 0.2) is 0 Å². The number of hydrogen-bond acceptors (Lipinski definition) is 6. The molecule has 0 spiro atoms. The van der Waals surface area contributed by atoms with E-state index in [9.17, 15) is 0 Å². The number of benzene rings is 1. The number of aromatic nitrogens is 3. The number of nitrogens with one attached hydrogen (secondary N) is 2. The molecular weight excluding hydrogens is 300 g/mol. The second kappa shape index (κ2) is 7.23. The Morgan fingerprint density at radius 2 is 1.83 bits per heavy atom. The van der Waals surface area contributed by atoms with Gasteiger partial charge in [-0.05, 0) is 33.2 Å². The van der Waals surface area contributed by atoms with E-state index in [4.69, 9.17) is 0 Å². The summed E-state index contributed by atoms with van der Waals surface area (Å²) >= 11 is 0. The minimum atomic E-state index is 0.723. The van der Waals surface area contributed by atoms with Crippen LogP contribution in [0.1, 0.15) is 5.82 Å². The maximum atomic E-state index is 4.48. The summed E-state index contributed by atoms with van der Waals surface area (Å²) < 4.78 is 0. The van der Waals surface area contributed by atoms with Crippen LogP contribution in [0.4, 0.5) is 17.3 Å². The largest absolute Gasteiger partial charge is 0.369 e. The highest BCUT2D eigenvalue weighted by molar-refractivity contribution is 5.91. The maximum absolute atomic E-state index is 4.48. The van der Waals surface area contributed by atoms with Crippen molar-refractivity contribution in [2.75, 3.05) is 37.8 Å². The van der Waals surface area contributed by atoms with E-state index in [2.05, 4.69) is 30.5 Å². The van der Waals surface area contributed by atoms with E-state index in [1.165, 1.54) is 0 Å². The number of hydrogen-bond donors (Lipinski definition) is 2. The van der Waals surface area contributed by atoms with Gasteiger partial charge in [0, 0.05) is 30.7 Å². The van der Waals surface area contributed by atoms with Gasteiger partial charge >= 0.3 is 0 Å². The molecule has 124 valence electrons. The smallest absolute Gasteiger partial charge is 0.136 e.